The highest BCUT2D eigenvalue weighted by molar-refractivity contribution is 7.80. The van der Waals surface area contributed by atoms with Gasteiger partial charge in [-0.25, -0.2) is 4.21 Å². The Balaban J connectivity index is 2.31. The van der Waals surface area contributed by atoms with E-state index in [0.717, 1.165) is 0 Å². The van der Waals surface area contributed by atoms with E-state index in [-0.39, 0.29) is 5.37 Å². The Bertz CT molecular complexity index is 79.6. The molecule has 0 bridgehead atoms. The Hall–Kier alpha value is 0.0700. The first kappa shape index (κ1) is 4.23. The quantitative estimate of drug-likeness (QED) is 0.338. The van der Waals surface area contributed by atoms with Gasteiger partial charge in [-0.1, -0.05) is 0 Å². The Morgan fingerprint density at radius 2 is 2.50 bits per heavy atom. The lowest BCUT2D eigenvalue weighted by molar-refractivity contribution is 0.562. The van der Waals surface area contributed by atoms with Crippen LogP contribution in [0.1, 0.15) is 0 Å². The molecular formula is C2H5NO2S. The summed E-state index contributed by atoms with van der Waals surface area (Å²) in [6.07, 6.45) is 0. The van der Waals surface area contributed by atoms with Crippen LogP contribution >= 0.6 is 0 Å². The lowest BCUT2D eigenvalue weighted by atomic mass is 11.0. The summed E-state index contributed by atoms with van der Waals surface area (Å²) in [5.74, 6) is 0. The summed E-state index contributed by atoms with van der Waals surface area (Å²) in [6, 6.07) is 0. The molecule has 1 saturated heterocycles. The molecule has 6 heavy (non-hydrogen) atoms. The molecule has 1 rings (SSSR count). The molecule has 1 heterocycles. The van der Waals surface area contributed by atoms with Crippen molar-refractivity contribution < 1.29 is 8.76 Å². The van der Waals surface area contributed by atoms with Gasteiger partial charge in [0, 0.05) is 6.54 Å². The second-order valence-electron chi connectivity index (χ2n) is 1.17. The van der Waals surface area contributed by atoms with Gasteiger partial charge in [0.25, 0.3) is 0 Å². The molecule has 0 aromatic heterocycles. The molecule has 0 aromatic rings. The first-order valence-corrected chi connectivity index (χ1v) is 2.81. The highest BCUT2D eigenvalue weighted by atomic mass is 32.2. The minimum absolute atomic E-state index is 0.120. The summed E-state index contributed by atoms with van der Waals surface area (Å²) in [6.45, 7) is 0.698. The Morgan fingerprint density at radius 1 is 2.00 bits per heavy atom. The van der Waals surface area contributed by atoms with E-state index in [2.05, 4.69) is 5.32 Å². The molecule has 3 nitrogen and oxygen atoms in total. The summed E-state index contributed by atoms with van der Waals surface area (Å²) >= 11 is -1.62. The lowest BCUT2D eigenvalue weighted by Crippen LogP contribution is -1.97. The van der Waals surface area contributed by atoms with Crippen LogP contribution in [0.25, 0.3) is 0 Å². The monoisotopic (exact) mass is 107 g/mol. The molecule has 36 valence electrons. The zero-order valence-electron chi connectivity index (χ0n) is 3.05. The van der Waals surface area contributed by atoms with Gasteiger partial charge in [0.15, 0.2) is 11.1 Å². The third-order valence-corrected chi connectivity index (χ3v) is 1.43. The first-order valence-electron chi connectivity index (χ1n) is 1.64. The standard InChI is InChI=1S/C2H5NO2S/c4-6(5)2-1-3-2/h2-3H,1H2,(H,4,5). The summed E-state index contributed by atoms with van der Waals surface area (Å²) in [5.41, 5.74) is 0. The third-order valence-electron chi connectivity index (χ3n) is 0.614. The van der Waals surface area contributed by atoms with Crippen LogP contribution in [-0.2, 0) is 11.1 Å². The largest absolute Gasteiger partial charge is 0.305 e. The van der Waals surface area contributed by atoms with E-state index in [1.807, 2.05) is 0 Å². The van der Waals surface area contributed by atoms with Gasteiger partial charge in [-0.3, -0.25) is 5.32 Å². The smallest absolute Gasteiger partial charge is 0.171 e. The molecular weight excluding hydrogens is 102 g/mol. The fourth-order valence-electron chi connectivity index (χ4n) is 0.191. The van der Waals surface area contributed by atoms with E-state index in [1.54, 1.807) is 0 Å². The Labute approximate surface area is 38.0 Å². The van der Waals surface area contributed by atoms with E-state index < -0.39 is 11.1 Å². The van der Waals surface area contributed by atoms with Crippen LogP contribution in [0.5, 0.6) is 0 Å². The molecule has 0 radical (unpaired) electrons. The Kier molecular flexibility index (Phi) is 0.910. The van der Waals surface area contributed by atoms with Crippen molar-refractivity contribution in [1.29, 1.82) is 0 Å². The molecule has 0 saturated carbocycles. The van der Waals surface area contributed by atoms with Gasteiger partial charge in [-0.05, 0) is 0 Å². The highest BCUT2D eigenvalue weighted by Gasteiger charge is 2.25. The fourth-order valence-corrected chi connectivity index (χ4v) is 0.572. The van der Waals surface area contributed by atoms with E-state index in [1.165, 1.54) is 0 Å². The SMILES string of the molecule is O=S(O)C1CN1. The molecule has 2 atom stereocenters. The molecule has 0 spiro atoms. The van der Waals surface area contributed by atoms with Crippen molar-refractivity contribution in [3.63, 3.8) is 0 Å². The molecule has 1 fully saturated rings. The molecule has 2 N–H and O–H groups in total. The summed E-state index contributed by atoms with van der Waals surface area (Å²) in [7, 11) is 0. The van der Waals surface area contributed by atoms with E-state index in [9.17, 15) is 4.21 Å². The third kappa shape index (κ3) is 0.767. The van der Waals surface area contributed by atoms with Crippen molar-refractivity contribution >= 4 is 11.1 Å². The van der Waals surface area contributed by atoms with E-state index >= 15 is 0 Å². The zero-order valence-corrected chi connectivity index (χ0v) is 3.86. The number of hydrogen-bond acceptors (Lipinski definition) is 2. The molecule has 0 amide bonds. The van der Waals surface area contributed by atoms with Gasteiger partial charge in [0.05, 0.1) is 0 Å². The zero-order chi connectivity index (χ0) is 4.57. The number of rotatable bonds is 1. The predicted molar refractivity (Wildman–Crippen MR) is 22.6 cm³/mol. The molecule has 1 aliphatic heterocycles. The predicted octanol–water partition coefficient (Wildman–Crippen LogP) is -0.863. The Morgan fingerprint density at radius 3 is 2.50 bits per heavy atom. The first-order chi connectivity index (χ1) is 2.80. The summed E-state index contributed by atoms with van der Waals surface area (Å²) in [4.78, 5) is 0. The van der Waals surface area contributed by atoms with Crippen molar-refractivity contribution in [1.82, 2.24) is 5.32 Å². The van der Waals surface area contributed by atoms with Gasteiger partial charge in [0.2, 0.25) is 0 Å². The average molecular weight is 107 g/mol. The molecule has 2 unspecified atom stereocenters. The van der Waals surface area contributed by atoms with Crippen molar-refractivity contribution in [3.05, 3.63) is 0 Å². The van der Waals surface area contributed by atoms with Gasteiger partial charge >= 0.3 is 0 Å². The minimum Gasteiger partial charge on any atom is -0.305 e. The summed E-state index contributed by atoms with van der Waals surface area (Å²) in [5, 5.41) is 2.56. The van der Waals surface area contributed by atoms with Crippen molar-refractivity contribution in [2.75, 3.05) is 6.54 Å². The second-order valence-corrected chi connectivity index (χ2v) is 2.29. The average Bonchev–Trinajstić information content (AvgIpc) is 2.06. The lowest BCUT2D eigenvalue weighted by Gasteiger charge is -1.75. The molecule has 0 aromatic carbocycles. The fraction of sp³-hybridized carbons (Fsp3) is 1.00. The maximum absolute atomic E-state index is 9.81. The molecule has 4 heteroatoms. The maximum atomic E-state index is 9.81. The molecule has 0 aliphatic carbocycles. The van der Waals surface area contributed by atoms with Crippen LogP contribution in [-0.4, -0.2) is 20.7 Å². The number of hydrogen-bond donors (Lipinski definition) is 2. The van der Waals surface area contributed by atoms with Crippen LogP contribution < -0.4 is 5.32 Å². The van der Waals surface area contributed by atoms with Gasteiger partial charge < -0.3 is 4.55 Å². The van der Waals surface area contributed by atoms with Gasteiger partial charge in [-0.15, -0.1) is 0 Å². The van der Waals surface area contributed by atoms with Crippen LogP contribution in [0.3, 0.4) is 0 Å². The molecule has 1 aliphatic rings. The topological polar surface area (TPSA) is 59.2 Å². The van der Waals surface area contributed by atoms with Crippen LogP contribution in [0, 0.1) is 0 Å². The summed E-state index contributed by atoms with van der Waals surface area (Å²) < 4.78 is 17.9. The van der Waals surface area contributed by atoms with Crippen LogP contribution in [0.2, 0.25) is 0 Å². The minimum atomic E-state index is -1.62. The second kappa shape index (κ2) is 1.29. The van der Waals surface area contributed by atoms with Crippen molar-refractivity contribution in [3.8, 4) is 0 Å². The van der Waals surface area contributed by atoms with Crippen molar-refractivity contribution in [2.45, 2.75) is 5.37 Å². The number of nitrogens with one attached hydrogen (secondary N) is 1. The van der Waals surface area contributed by atoms with E-state index in [4.69, 9.17) is 4.55 Å². The van der Waals surface area contributed by atoms with Gasteiger partial charge in [-0.2, -0.15) is 0 Å². The van der Waals surface area contributed by atoms with Gasteiger partial charge in [0.1, 0.15) is 5.37 Å². The van der Waals surface area contributed by atoms with Crippen LogP contribution in [0.4, 0.5) is 0 Å². The van der Waals surface area contributed by atoms with Crippen molar-refractivity contribution in [2.24, 2.45) is 0 Å². The maximum Gasteiger partial charge on any atom is 0.171 e. The highest BCUT2D eigenvalue weighted by Crippen LogP contribution is 1.97. The normalized spacial score (nSPS) is 35.8. The van der Waals surface area contributed by atoms with E-state index in [0.29, 0.717) is 6.54 Å². The van der Waals surface area contributed by atoms with Crippen LogP contribution in [0.15, 0.2) is 0 Å².